The molecule has 2 amide bonds. The third-order valence-corrected chi connectivity index (χ3v) is 3.63. The Kier molecular flexibility index (Phi) is 5.92. The molecule has 0 unspecified atom stereocenters. The number of rotatable bonds is 6. The van der Waals surface area contributed by atoms with E-state index in [2.05, 4.69) is 17.4 Å². The summed E-state index contributed by atoms with van der Waals surface area (Å²) in [6.45, 7) is 4.79. The maximum absolute atomic E-state index is 12.6. The summed E-state index contributed by atoms with van der Waals surface area (Å²) in [6, 6.07) is 17.1. The lowest BCUT2D eigenvalue weighted by molar-refractivity contribution is -0.114. The van der Waals surface area contributed by atoms with Gasteiger partial charge in [-0.05, 0) is 43.2 Å². The minimum atomic E-state index is -0.123. The van der Waals surface area contributed by atoms with Crippen LogP contribution in [0, 0.1) is 0 Å². The first kappa shape index (κ1) is 16.7. The van der Waals surface area contributed by atoms with E-state index in [1.54, 1.807) is 24.3 Å². The number of benzene rings is 2. The summed E-state index contributed by atoms with van der Waals surface area (Å²) in [6.07, 6.45) is 0.838. The van der Waals surface area contributed by atoms with Crippen molar-refractivity contribution in [3.05, 3.63) is 65.7 Å². The summed E-state index contributed by atoms with van der Waals surface area (Å²) in [5.41, 5.74) is 2.55. The second kappa shape index (κ2) is 8.13. The molecule has 1 N–H and O–H groups in total. The maximum Gasteiger partial charge on any atom is 0.253 e. The highest BCUT2D eigenvalue weighted by molar-refractivity contribution is 5.95. The smallest absolute Gasteiger partial charge is 0.253 e. The van der Waals surface area contributed by atoms with Gasteiger partial charge in [0.2, 0.25) is 5.91 Å². The highest BCUT2D eigenvalue weighted by Crippen LogP contribution is 2.12. The van der Waals surface area contributed by atoms with Crippen LogP contribution < -0.4 is 5.32 Å². The number of carbonyl (C=O) groups is 2. The van der Waals surface area contributed by atoms with Gasteiger partial charge in [-0.15, -0.1) is 0 Å². The molecule has 2 aromatic carbocycles. The van der Waals surface area contributed by atoms with Gasteiger partial charge in [0.25, 0.3) is 5.91 Å². The molecule has 120 valence electrons. The van der Waals surface area contributed by atoms with Gasteiger partial charge >= 0.3 is 0 Å². The number of nitrogens with one attached hydrogen (secondary N) is 1. The first-order valence-electron chi connectivity index (χ1n) is 7.81. The zero-order valence-corrected chi connectivity index (χ0v) is 13.6. The van der Waals surface area contributed by atoms with E-state index in [4.69, 9.17) is 0 Å². The molecule has 4 nitrogen and oxygen atoms in total. The number of hydrogen-bond donors (Lipinski definition) is 1. The molecule has 0 aliphatic rings. The minimum absolute atomic E-state index is 0.0119. The molecule has 23 heavy (non-hydrogen) atoms. The van der Waals surface area contributed by atoms with Crippen LogP contribution in [0.25, 0.3) is 0 Å². The van der Waals surface area contributed by atoms with E-state index in [9.17, 15) is 9.59 Å². The van der Waals surface area contributed by atoms with Gasteiger partial charge in [-0.3, -0.25) is 9.59 Å². The molecule has 0 saturated heterocycles. The number of carbonyl (C=O) groups excluding carboxylic acids is 2. The second-order valence-corrected chi connectivity index (χ2v) is 5.38. The van der Waals surface area contributed by atoms with Crippen LogP contribution in [0.1, 0.15) is 29.8 Å². The quantitative estimate of drug-likeness (QED) is 0.889. The minimum Gasteiger partial charge on any atom is -0.339 e. The van der Waals surface area contributed by atoms with Gasteiger partial charge in [0.05, 0.1) is 0 Å². The Morgan fingerprint density at radius 2 is 1.65 bits per heavy atom. The van der Waals surface area contributed by atoms with Crippen LogP contribution >= 0.6 is 0 Å². The molecule has 4 heteroatoms. The third-order valence-electron chi connectivity index (χ3n) is 3.63. The standard InChI is InChI=1S/C19H22N2O2/c1-3-21(14-13-16-7-5-4-6-8-16)19(23)17-9-11-18(12-10-17)20-15(2)22/h4-12H,3,13-14H2,1-2H3,(H,20,22). The molecule has 2 aromatic rings. The molecule has 0 fully saturated rings. The first-order valence-corrected chi connectivity index (χ1v) is 7.81. The summed E-state index contributed by atoms with van der Waals surface area (Å²) in [5.74, 6) is -0.111. The van der Waals surface area contributed by atoms with Gasteiger partial charge in [0.15, 0.2) is 0 Å². The largest absolute Gasteiger partial charge is 0.339 e. The van der Waals surface area contributed by atoms with Crippen LogP contribution in [0.3, 0.4) is 0 Å². The fourth-order valence-corrected chi connectivity index (χ4v) is 2.39. The van der Waals surface area contributed by atoms with E-state index in [0.29, 0.717) is 24.3 Å². The molecule has 0 saturated carbocycles. The van der Waals surface area contributed by atoms with Gasteiger partial charge in [-0.1, -0.05) is 30.3 Å². The molecule has 0 radical (unpaired) electrons. The Morgan fingerprint density at radius 1 is 1.00 bits per heavy atom. The summed E-state index contributed by atoms with van der Waals surface area (Å²) < 4.78 is 0. The molecule has 2 rings (SSSR count). The van der Waals surface area contributed by atoms with Crippen molar-refractivity contribution in [2.75, 3.05) is 18.4 Å². The van der Waals surface area contributed by atoms with Gasteiger partial charge < -0.3 is 10.2 Å². The number of nitrogens with zero attached hydrogens (tertiary/aromatic N) is 1. The van der Waals surface area contributed by atoms with Crippen molar-refractivity contribution in [1.82, 2.24) is 4.90 Å². The Balaban J connectivity index is 2.00. The number of amides is 2. The summed E-state index contributed by atoms with van der Waals surface area (Å²) in [7, 11) is 0. The SMILES string of the molecule is CCN(CCc1ccccc1)C(=O)c1ccc(NC(C)=O)cc1. The number of likely N-dealkylation sites (N-methyl/N-ethyl adjacent to an activating group) is 1. The number of anilines is 1. The third kappa shape index (κ3) is 4.95. The summed E-state index contributed by atoms with van der Waals surface area (Å²) >= 11 is 0. The number of hydrogen-bond acceptors (Lipinski definition) is 2. The van der Waals surface area contributed by atoms with Crippen LogP contribution in [0.2, 0.25) is 0 Å². The normalized spacial score (nSPS) is 10.2. The van der Waals surface area contributed by atoms with E-state index in [1.165, 1.54) is 12.5 Å². The maximum atomic E-state index is 12.6. The molecular weight excluding hydrogens is 288 g/mol. The lowest BCUT2D eigenvalue weighted by atomic mass is 10.1. The highest BCUT2D eigenvalue weighted by Gasteiger charge is 2.14. The Bertz CT molecular complexity index is 651. The lowest BCUT2D eigenvalue weighted by Crippen LogP contribution is -2.32. The van der Waals surface area contributed by atoms with Crippen LogP contribution in [-0.4, -0.2) is 29.8 Å². The van der Waals surface area contributed by atoms with Crippen molar-refractivity contribution < 1.29 is 9.59 Å². The highest BCUT2D eigenvalue weighted by atomic mass is 16.2. The van der Waals surface area contributed by atoms with E-state index < -0.39 is 0 Å². The van der Waals surface area contributed by atoms with Gasteiger partial charge in [-0.2, -0.15) is 0 Å². The van der Waals surface area contributed by atoms with Crippen LogP contribution in [-0.2, 0) is 11.2 Å². The fourth-order valence-electron chi connectivity index (χ4n) is 2.39. The van der Waals surface area contributed by atoms with Crippen molar-refractivity contribution in [2.24, 2.45) is 0 Å². The molecule has 0 heterocycles. The molecule has 0 aromatic heterocycles. The Hall–Kier alpha value is -2.62. The predicted molar refractivity (Wildman–Crippen MR) is 92.5 cm³/mol. The van der Waals surface area contributed by atoms with Crippen molar-refractivity contribution >= 4 is 17.5 Å². The summed E-state index contributed by atoms with van der Waals surface area (Å²) in [5, 5.41) is 2.70. The van der Waals surface area contributed by atoms with Crippen molar-refractivity contribution in [1.29, 1.82) is 0 Å². The van der Waals surface area contributed by atoms with Crippen LogP contribution in [0.15, 0.2) is 54.6 Å². The topological polar surface area (TPSA) is 49.4 Å². The van der Waals surface area contributed by atoms with Crippen molar-refractivity contribution in [3.8, 4) is 0 Å². The average Bonchev–Trinajstić information content (AvgIpc) is 2.56. The van der Waals surface area contributed by atoms with Gasteiger partial charge in [-0.25, -0.2) is 0 Å². The zero-order chi connectivity index (χ0) is 16.7. The molecule has 0 spiro atoms. The molecule has 0 aliphatic heterocycles. The zero-order valence-electron chi connectivity index (χ0n) is 13.6. The predicted octanol–water partition coefficient (Wildman–Crippen LogP) is 3.35. The van der Waals surface area contributed by atoms with Crippen molar-refractivity contribution in [2.45, 2.75) is 20.3 Å². The van der Waals surface area contributed by atoms with Gasteiger partial charge in [0.1, 0.15) is 0 Å². The van der Waals surface area contributed by atoms with Crippen LogP contribution in [0.4, 0.5) is 5.69 Å². The monoisotopic (exact) mass is 310 g/mol. The molecule has 0 atom stereocenters. The van der Waals surface area contributed by atoms with Crippen molar-refractivity contribution in [3.63, 3.8) is 0 Å². The fraction of sp³-hybridized carbons (Fsp3) is 0.263. The summed E-state index contributed by atoms with van der Waals surface area (Å²) in [4.78, 5) is 25.4. The lowest BCUT2D eigenvalue weighted by Gasteiger charge is -2.21. The molecule has 0 aliphatic carbocycles. The molecule has 0 bridgehead atoms. The van der Waals surface area contributed by atoms with E-state index >= 15 is 0 Å². The Morgan fingerprint density at radius 3 is 2.22 bits per heavy atom. The van der Waals surface area contributed by atoms with E-state index in [-0.39, 0.29) is 11.8 Å². The Labute approximate surface area is 137 Å². The van der Waals surface area contributed by atoms with E-state index in [0.717, 1.165) is 6.42 Å². The molecular formula is C19H22N2O2. The van der Waals surface area contributed by atoms with Crippen LogP contribution in [0.5, 0.6) is 0 Å². The van der Waals surface area contributed by atoms with E-state index in [1.807, 2.05) is 30.0 Å². The second-order valence-electron chi connectivity index (χ2n) is 5.38. The average molecular weight is 310 g/mol. The first-order chi connectivity index (χ1) is 11.1. The van der Waals surface area contributed by atoms with Gasteiger partial charge in [0, 0.05) is 31.3 Å².